The van der Waals surface area contributed by atoms with Gasteiger partial charge in [-0.15, -0.1) is 0 Å². The summed E-state index contributed by atoms with van der Waals surface area (Å²) < 4.78 is 64.1. The minimum absolute atomic E-state index is 0.0709. The zero-order valence-corrected chi connectivity index (χ0v) is 16.5. The SMILES string of the molecule is O=C(Nc1ccc(S(F)(F)(F)(F)F)cc1)c1cnc(N2CC[C@@H](O)C2)c(Br)c1. The van der Waals surface area contributed by atoms with Crippen molar-refractivity contribution >= 4 is 43.6 Å². The third kappa shape index (κ3) is 4.73. The van der Waals surface area contributed by atoms with Crippen LogP contribution in [0, 0.1) is 0 Å². The number of amides is 1. The minimum Gasteiger partial charge on any atom is -0.391 e. The summed E-state index contributed by atoms with van der Waals surface area (Å²) in [6, 6.07) is 3.45. The number of benzene rings is 1. The van der Waals surface area contributed by atoms with E-state index >= 15 is 0 Å². The number of anilines is 2. The highest BCUT2D eigenvalue weighted by Crippen LogP contribution is 3.02. The number of aliphatic hydroxyl groups excluding tert-OH is 1. The van der Waals surface area contributed by atoms with Crippen molar-refractivity contribution in [3.8, 4) is 0 Å². The van der Waals surface area contributed by atoms with E-state index in [-0.39, 0.29) is 23.4 Å². The Bertz CT molecular complexity index is 925. The summed E-state index contributed by atoms with van der Waals surface area (Å²) in [4.78, 5) is 16.3. The summed E-state index contributed by atoms with van der Waals surface area (Å²) in [6.07, 6.45) is 1.43. The molecule has 12 heteroatoms. The smallest absolute Gasteiger partial charge is 0.310 e. The Balaban J connectivity index is 1.74. The van der Waals surface area contributed by atoms with Crippen LogP contribution < -0.4 is 10.2 Å². The van der Waals surface area contributed by atoms with Gasteiger partial charge < -0.3 is 15.3 Å². The number of aromatic nitrogens is 1. The second-order valence-corrected chi connectivity index (χ2v) is 9.63. The lowest BCUT2D eigenvalue weighted by Gasteiger charge is -2.40. The molecular formula is C16H15BrF5N3O2S. The number of nitrogens with zero attached hydrogens (tertiary/aromatic N) is 2. The predicted octanol–water partition coefficient (Wildman–Crippen LogP) is 5.32. The molecule has 0 aliphatic carbocycles. The highest BCUT2D eigenvalue weighted by molar-refractivity contribution is 9.10. The van der Waals surface area contributed by atoms with Crippen molar-refractivity contribution in [2.75, 3.05) is 23.3 Å². The van der Waals surface area contributed by atoms with Gasteiger partial charge in [-0.05, 0) is 52.7 Å². The van der Waals surface area contributed by atoms with E-state index in [1.165, 1.54) is 12.3 Å². The molecule has 5 nitrogen and oxygen atoms in total. The molecule has 2 heterocycles. The fraction of sp³-hybridized carbons (Fsp3) is 0.250. The van der Waals surface area contributed by atoms with Crippen molar-refractivity contribution in [3.05, 3.63) is 46.6 Å². The maximum atomic E-state index is 12.7. The normalized spacial score (nSPS) is 19.8. The topological polar surface area (TPSA) is 65.5 Å². The van der Waals surface area contributed by atoms with Crippen LogP contribution in [-0.2, 0) is 0 Å². The molecule has 0 radical (unpaired) electrons. The Morgan fingerprint density at radius 1 is 1.21 bits per heavy atom. The zero-order chi connectivity index (χ0) is 20.8. The van der Waals surface area contributed by atoms with E-state index in [2.05, 4.69) is 26.2 Å². The first-order valence-corrected chi connectivity index (χ1v) is 10.7. The summed E-state index contributed by atoms with van der Waals surface area (Å²) in [6.45, 7) is 1.02. The van der Waals surface area contributed by atoms with Gasteiger partial charge in [-0.25, -0.2) is 4.98 Å². The molecule has 1 amide bonds. The molecular weight excluding hydrogens is 473 g/mol. The number of pyridine rings is 1. The standard InChI is InChI=1S/C16H15BrF5N3O2S/c17-14-7-10(8-23-15(14)25-6-5-12(26)9-25)16(27)24-11-1-3-13(4-2-11)28(18,19,20,21)22/h1-4,7-8,12,26H,5-6,9H2,(H,24,27)/t12-/m1/s1. The molecule has 3 rings (SSSR count). The molecule has 0 saturated carbocycles. The maximum absolute atomic E-state index is 12.7. The fourth-order valence-electron chi connectivity index (χ4n) is 2.72. The summed E-state index contributed by atoms with van der Waals surface area (Å²) in [5, 5.41) is 11.9. The average Bonchev–Trinajstić information content (AvgIpc) is 2.99. The van der Waals surface area contributed by atoms with E-state index < -0.39 is 27.1 Å². The van der Waals surface area contributed by atoms with Crippen molar-refractivity contribution in [2.45, 2.75) is 17.4 Å². The van der Waals surface area contributed by atoms with E-state index in [9.17, 15) is 29.3 Å². The van der Waals surface area contributed by atoms with E-state index in [0.717, 1.165) is 12.1 Å². The van der Waals surface area contributed by atoms with E-state index in [4.69, 9.17) is 0 Å². The Morgan fingerprint density at radius 2 is 1.86 bits per heavy atom. The van der Waals surface area contributed by atoms with Gasteiger partial charge in [-0.3, -0.25) is 4.79 Å². The van der Waals surface area contributed by atoms with Crippen LogP contribution in [0.5, 0.6) is 0 Å². The summed E-state index contributed by atoms with van der Waals surface area (Å²) >= 11 is 3.30. The number of hydrogen-bond donors (Lipinski definition) is 2. The highest BCUT2D eigenvalue weighted by Gasteiger charge is 2.65. The quantitative estimate of drug-likeness (QED) is 0.572. The lowest BCUT2D eigenvalue weighted by Crippen LogP contribution is -2.23. The molecule has 28 heavy (non-hydrogen) atoms. The predicted molar refractivity (Wildman–Crippen MR) is 101 cm³/mol. The van der Waals surface area contributed by atoms with Crippen LogP contribution in [-0.4, -0.2) is 35.2 Å². The lowest BCUT2D eigenvalue weighted by atomic mass is 10.2. The number of rotatable bonds is 4. The van der Waals surface area contributed by atoms with E-state index in [1.54, 1.807) is 0 Å². The molecule has 2 aromatic rings. The summed E-state index contributed by atoms with van der Waals surface area (Å²) in [5.74, 6) is -0.116. The van der Waals surface area contributed by atoms with Crippen LogP contribution in [0.15, 0.2) is 45.9 Å². The Morgan fingerprint density at radius 3 is 2.36 bits per heavy atom. The highest BCUT2D eigenvalue weighted by atomic mass is 79.9. The molecule has 0 bridgehead atoms. The molecule has 1 aliphatic rings. The van der Waals surface area contributed by atoms with Crippen molar-refractivity contribution < 1.29 is 29.3 Å². The second kappa shape index (κ2) is 6.29. The largest absolute Gasteiger partial charge is 0.391 e. The number of hydrogen-bond acceptors (Lipinski definition) is 4. The fourth-order valence-corrected chi connectivity index (χ4v) is 3.97. The van der Waals surface area contributed by atoms with Gasteiger partial charge in [0, 0.05) is 25.0 Å². The second-order valence-electron chi connectivity index (χ2n) is 6.37. The van der Waals surface area contributed by atoms with Crippen LogP contribution in [0.2, 0.25) is 0 Å². The van der Waals surface area contributed by atoms with Crippen LogP contribution in [0.25, 0.3) is 0 Å². The van der Waals surface area contributed by atoms with Crippen molar-refractivity contribution in [3.63, 3.8) is 0 Å². The first-order valence-electron chi connectivity index (χ1n) is 7.97. The Kier molecular flexibility index (Phi) is 4.67. The molecule has 154 valence electrons. The van der Waals surface area contributed by atoms with Gasteiger partial charge in [0.1, 0.15) is 10.7 Å². The Hall–Kier alpha value is -1.92. The van der Waals surface area contributed by atoms with Crippen LogP contribution in [0.4, 0.5) is 30.9 Å². The summed E-state index contributed by atoms with van der Waals surface area (Å²) in [5.41, 5.74) is 0.0469. The first-order chi connectivity index (χ1) is 12.7. The average molecular weight is 488 g/mol. The monoisotopic (exact) mass is 487 g/mol. The molecule has 1 fully saturated rings. The molecule has 1 aromatic heterocycles. The lowest BCUT2D eigenvalue weighted by molar-refractivity contribution is 0.102. The number of nitrogens with one attached hydrogen (secondary N) is 1. The molecule has 1 aliphatic heterocycles. The maximum Gasteiger partial charge on any atom is 0.310 e. The van der Waals surface area contributed by atoms with Crippen molar-refractivity contribution in [1.29, 1.82) is 0 Å². The van der Waals surface area contributed by atoms with Gasteiger partial charge >= 0.3 is 10.2 Å². The molecule has 1 saturated heterocycles. The molecule has 2 N–H and O–H groups in total. The van der Waals surface area contributed by atoms with Crippen LogP contribution >= 0.6 is 26.2 Å². The number of β-amino-alcohol motifs (C(OH)–C–C–N with tert-alkyl or cyclic N) is 1. The number of aliphatic hydroxyl groups is 1. The number of halogens is 6. The molecule has 0 spiro atoms. The van der Waals surface area contributed by atoms with E-state index in [0.29, 0.717) is 29.8 Å². The first kappa shape index (κ1) is 20.8. The number of carbonyl (C=O) groups is 1. The van der Waals surface area contributed by atoms with Crippen LogP contribution in [0.3, 0.4) is 0 Å². The molecule has 0 unspecified atom stereocenters. The van der Waals surface area contributed by atoms with Gasteiger partial charge in [-0.1, -0.05) is 19.4 Å². The van der Waals surface area contributed by atoms with E-state index in [1.807, 2.05) is 4.90 Å². The molecule has 1 atom stereocenters. The molecule has 1 aromatic carbocycles. The van der Waals surface area contributed by atoms with Crippen LogP contribution in [0.1, 0.15) is 16.8 Å². The van der Waals surface area contributed by atoms with Crippen molar-refractivity contribution in [1.82, 2.24) is 4.98 Å². The van der Waals surface area contributed by atoms with Gasteiger partial charge in [0.2, 0.25) is 0 Å². The third-order valence-corrected chi connectivity index (χ3v) is 5.85. The van der Waals surface area contributed by atoms with Crippen molar-refractivity contribution in [2.24, 2.45) is 0 Å². The van der Waals surface area contributed by atoms with Gasteiger partial charge in [-0.2, -0.15) is 0 Å². The zero-order valence-electron chi connectivity index (χ0n) is 14.1. The van der Waals surface area contributed by atoms with Gasteiger partial charge in [0.25, 0.3) is 5.91 Å². The van der Waals surface area contributed by atoms with Gasteiger partial charge in [0.05, 0.1) is 16.1 Å². The summed E-state index contributed by atoms with van der Waals surface area (Å²) in [7, 11) is -9.75. The van der Waals surface area contributed by atoms with Gasteiger partial charge in [0.15, 0.2) is 0 Å². The number of carbonyl (C=O) groups excluding carboxylic acids is 1. The third-order valence-electron chi connectivity index (χ3n) is 4.10. The minimum atomic E-state index is -9.75. The Labute approximate surface area is 165 Å².